The SMILES string of the molecule is CN=C(NCCc1ccccn1)NC1CCN(c2ccccc2Br)C1. The van der Waals surface area contributed by atoms with Gasteiger partial charge in [-0.15, -0.1) is 0 Å². The molecule has 1 aliphatic heterocycles. The zero-order chi connectivity index (χ0) is 17.5. The molecule has 0 saturated carbocycles. The van der Waals surface area contributed by atoms with Crippen LogP contribution in [0.15, 0.2) is 58.1 Å². The van der Waals surface area contributed by atoms with Gasteiger partial charge in [0.05, 0.1) is 5.69 Å². The van der Waals surface area contributed by atoms with E-state index in [2.05, 4.69) is 59.6 Å². The Morgan fingerprint density at radius 1 is 1.28 bits per heavy atom. The molecule has 1 fully saturated rings. The standard InChI is InChI=1S/C19H24BrN5/c1-21-19(23-12-9-15-6-4-5-11-22-15)24-16-10-13-25(14-16)18-8-3-2-7-17(18)20/h2-8,11,16H,9-10,12-14H2,1H3,(H2,21,23,24). The third kappa shape index (κ3) is 4.95. The van der Waals surface area contributed by atoms with Gasteiger partial charge in [0.25, 0.3) is 0 Å². The highest BCUT2D eigenvalue weighted by Crippen LogP contribution is 2.28. The smallest absolute Gasteiger partial charge is 0.191 e. The van der Waals surface area contributed by atoms with E-state index in [-0.39, 0.29) is 0 Å². The van der Waals surface area contributed by atoms with Crippen molar-refractivity contribution in [1.82, 2.24) is 15.6 Å². The summed E-state index contributed by atoms with van der Waals surface area (Å²) in [6.45, 7) is 2.84. The predicted molar refractivity (Wildman–Crippen MR) is 107 cm³/mol. The van der Waals surface area contributed by atoms with Crippen LogP contribution in [-0.2, 0) is 6.42 Å². The number of aromatic nitrogens is 1. The monoisotopic (exact) mass is 401 g/mol. The Hall–Kier alpha value is -2.08. The Kier molecular flexibility index (Phi) is 6.28. The summed E-state index contributed by atoms with van der Waals surface area (Å²) in [5.41, 5.74) is 2.34. The highest BCUT2D eigenvalue weighted by Gasteiger charge is 2.24. The van der Waals surface area contributed by atoms with Crippen LogP contribution < -0.4 is 15.5 Å². The van der Waals surface area contributed by atoms with E-state index in [1.807, 2.05) is 37.5 Å². The number of benzene rings is 1. The third-order valence-electron chi connectivity index (χ3n) is 4.35. The molecule has 6 heteroatoms. The Bertz CT molecular complexity index is 704. The van der Waals surface area contributed by atoms with Crippen LogP contribution in [0.25, 0.3) is 0 Å². The summed E-state index contributed by atoms with van der Waals surface area (Å²) < 4.78 is 1.15. The zero-order valence-electron chi connectivity index (χ0n) is 14.5. The molecule has 5 nitrogen and oxygen atoms in total. The molecule has 1 aliphatic rings. The maximum atomic E-state index is 4.35. The molecular weight excluding hydrogens is 378 g/mol. The fourth-order valence-electron chi connectivity index (χ4n) is 3.05. The molecule has 0 spiro atoms. The van der Waals surface area contributed by atoms with E-state index in [1.54, 1.807) is 0 Å². The molecular formula is C19H24BrN5. The van der Waals surface area contributed by atoms with E-state index in [0.29, 0.717) is 6.04 Å². The largest absolute Gasteiger partial charge is 0.368 e. The predicted octanol–water partition coefficient (Wildman–Crippen LogP) is 2.83. The van der Waals surface area contributed by atoms with Crippen molar-refractivity contribution >= 4 is 27.6 Å². The number of halogens is 1. The topological polar surface area (TPSA) is 52.6 Å². The van der Waals surface area contributed by atoms with Gasteiger partial charge in [-0.2, -0.15) is 0 Å². The van der Waals surface area contributed by atoms with Crippen LogP contribution in [0, 0.1) is 0 Å². The van der Waals surface area contributed by atoms with Crippen LogP contribution in [-0.4, -0.2) is 43.7 Å². The van der Waals surface area contributed by atoms with Crippen molar-refractivity contribution in [3.63, 3.8) is 0 Å². The van der Waals surface area contributed by atoms with Crippen molar-refractivity contribution in [2.24, 2.45) is 4.99 Å². The first kappa shape index (κ1) is 17.7. The molecule has 0 aliphatic carbocycles. The van der Waals surface area contributed by atoms with Gasteiger partial charge in [-0.1, -0.05) is 18.2 Å². The van der Waals surface area contributed by atoms with Crippen molar-refractivity contribution in [3.8, 4) is 0 Å². The van der Waals surface area contributed by atoms with E-state index >= 15 is 0 Å². The molecule has 1 aromatic carbocycles. The third-order valence-corrected chi connectivity index (χ3v) is 5.02. The second kappa shape index (κ2) is 8.85. The lowest BCUT2D eigenvalue weighted by molar-refractivity contribution is 0.647. The Balaban J connectivity index is 1.47. The summed E-state index contributed by atoms with van der Waals surface area (Å²) in [5, 5.41) is 6.91. The number of guanidine groups is 1. The van der Waals surface area contributed by atoms with Gasteiger partial charge in [-0.05, 0) is 46.6 Å². The molecule has 2 heterocycles. The number of anilines is 1. The highest BCUT2D eigenvalue weighted by molar-refractivity contribution is 9.10. The van der Waals surface area contributed by atoms with E-state index in [9.17, 15) is 0 Å². The van der Waals surface area contributed by atoms with Gasteiger partial charge in [0.2, 0.25) is 0 Å². The maximum Gasteiger partial charge on any atom is 0.191 e. The molecule has 1 aromatic heterocycles. The van der Waals surface area contributed by atoms with Gasteiger partial charge in [-0.3, -0.25) is 9.98 Å². The minimum Gasteiger partial charge on any atom is -0.368 e. The summed E-state index contributed by atoms with van der Waals surface area (Å²) in [6, 6.07) is 14.8. The lowest BCUT2D eigenvalue weighted by Crippen LogP contribution is -2.45. The number of aliphatic imine (C=N–C) groups is 1. The van der Waals surface area contributed by atoms with Gasteiger partial charge in [0.15, 0.2) is 5.96 Å². The number of rotatable bonds is 5. The molecule has 0 radical (unpaired) electrons. The zero-order valence-corrected chi connectivity index (χ0v) is 16.0. The van der Waals surface area contributed by atoms with Crippen molar-refractivity contribution in [2.45, 2.75) is 18.9 Å². The van der Waals surface area contributed by atoms with Crippen LogP contribution >= 0.6 is 15.9 Å². The molecule has 25 heavy (non-hydrogen) atoms. The summed E-state index contributed by atoms with van der Waals surface area (Å²) in [7, 11) is 1.82. The van der Waals surface area contributed by atoms with Crippen LogP contribution in [0.2, 0.25) is 0 Å². The number of nitrogens with zero attached hydrogens (tertiary/aromatic N) is 3. The van der Waals surface area contributed by atoms with Gasteiger partial charge in [0, 0.05) is 55.5 Å². The Morgan fingerprint density at radius 3 is 2.88 bits per heavy atom. The van der Waals surface area contributed by atoms with Crippen molar-refractivity contribution < 1.29 is 0 Å². The van der Waals surface area contributed by atoms with Crippen LogP contribution in [0.5, 0.6) is 0 Å². The number of hydrogen-bond donors (Lipinski definition) is 2. The quantitative estimate of drug-likeness (QED) is 0.597. The normalized spacial score (nSPS) is 17.6. The van der Waals surface area contributed by atoms with Crippen LogP contribution in [0.4, 0.5) is 5.69 Å². The molecule has 3 rings (SSSR count). The maximum absolute atomic E-state index is 4.35. The fraction of sp³-hybridized carbons (Fsp3) is 0.368. The molecule has 2 aromatic rings. The lowest BCUT2D eigenvalue weighted by Gasteiger charge is -2.21. The first-order valence-electron chi connectivity index (χ1n) is 8.63. The number of pyridine rings is 1. The first-order chi connectivity index (χ1) is 12.3. The minimum absolute atomic E-state index is 0.396. The van der Waals surface area contributed by atoms with Crippen LogP contribution in [0.3, 0.4) is 0 Å². The highest BCUT2D eigenvalue weighted by atomic mass is 79.9. The second-order valence-electron chi connectivity index (χ2n) is 6.10. The summed E-state index contributed by atoms with van der Waals surface area (Å²) in [5.74, 6) is 0.856. The van der Waals surface area contributed by atoms with Gasteiger partial charge < -0.3 is 15.5 Å². The van der Waals surface area contributed by atoms with Crippen molar-refractivity contribution in [2.75, 3.05) is 31.6 Å². The molecule has 1 atom stereocenters. The summed E-state index contributed by atoms with van der Waals surface area (Å²) in [4.78, 5) is 11.1. The van der Waals surface area contributed by atoms with Gasteiger partial charge in [0.1, 0.15) is 0 Å². The molecule has 1 saturated heterocycles. The van der Waals surface area contributed by atoms with Gasteiger partial charge in [-0.25, -0.2) is 0 Å². The van der Waals surface area contributed by atoms with Crippen molar-refractivity contribution in [3.05, 3.63) is 58.8 Å². The average Bonchev–Trinajstić information content (AvgIpc) is 3.10. The Morgan fingerprint density at radius 2 is 2.12 bits per heavy atom. The summed E-state index contributed by atoms with van der Waals surface area (Å²) >= 11 is 3.64. The number of para-hydroxylation sites is 1. The first-order valence-corrected chi connectivity index (χ1v) is 9.42. The molecule has 132 valence electrons. The Labute approximate surface area is 157 Å². The van der Waals surface area contributed by atoms with E-state index in [0.717, 1.165) is 48.6 Å². The van der Waals surface area contributed by atoms with E-state index in [1.165, 1.54) is 5.69 Å². The number of hydrogen-bond acceptors (Lipinski definition) is 3. The molecule has 1 unspecified atom stereocenters. The van der Waals surface area contributed by atoms with Crippen molar-refractivity contribution in [1.29, 1.82) is 0 Å². The molecule has 0 bridgehead atoms. The lowest BCUT2D eigenvalue weighted by atomic mass is 10.2. The van der Waals surface area contributed by atoms with E-state index < -0.39 is 0 Å². The molecule has 2 N–H and O–H groups in total. The summed E-state index contributed by atoms with van der Waals surface area (Å²) in [6.07, 6.45) is 3.81. The van der Waals surface area contributed by atoms with E-state index in [4.69, 9.17) is 0 Å². The van der Waals surface area contributed by atoms with Gasteiger partial charge >= 0.3 is 0 Å². The minimum atomic E-state index is 0.396. The number of nitrogens with one attached hydrogen (secondary N) is 2. The molecule has 0 amide bonds. The van der Waals surface area contributed by atoms with Crippen LogP contribution in [0.1, 0.15) is 12.1 Å². The second-order valence-corrected chi connectivity index (χ2v) is 6.95. The fourth-order valence-corrected chi connectivity index (χ4v) is 3.58. The average molecular weight is 402 g/mol.